The fourth-order valence-corrected chi connectivity index (χ4v) is 4.02. The maximum atomic E-state index is 14.3. The third kappa shape index (κ3) is 4.40. The van der Waals surface area contributed by atoms with Gasteiger partial charge in [-0.25, -0.2) is 18.7 Å². The summed E-state index contributed by atoms with van der Waals surface area (Å²) in [6.07, 6.45) is 2.61. The van der Waals surface area contributed by atoms with Gasteiger partial charge in [0.05, 0.1) is 17.5 Å². The van der Waals surface area contributed by atoms with Crippen LogP contribution in [0.5, 0.6) is 5.88 Å². The second kappa shape index (κ2) is 9.06. The van der Waals surface area contributed by atoms with E-state index in [1.807, 2.05) is 12.1 Å². The fourth-order valence-electron chi connectivity index (χ4n) is 4.02. The number of hydrogen-bond acceptors (Lipinski definition) is 6. The quantitative estimate of drug-likeness (QED) is 0.299. The van der Waals surface area contributed by atoms with E-state index in [0.29, 0.717) is 11.2 Å². The second-order valence-corrected chi connectivity index (χ2v) is 8.15. The lowest BCUT2D eigenvalue weighted by Gasteiger charge is -2.12. The molecule has 0 spiro atoms. The standard InChI is InChI=1S/C24H22F2N6O2/c25-16-2-1-3-17(26)20(16)22-31-18-12-28-24(34)21(18)23(32-22)30-14-6-4-13(5-7-14)10-19(33)29-15-8-9-27-11-15/h1-7,12,15,27-28,34H,8-11H2,(H,29,33)(H,30,31,32). The van der Waals surface area contributed by atoms with Gasteiger partial charge in [-0.2, -0.15) is 0 Å². The first-order valence-corrected chi connectivity index (χ1v) is 10.9. The molecule has 34 heavy (non-hydrogen) atoms. The summed E-state index contributed by atoms with van der Waals surface area (Å²) >= 11 is 0. The monoisotopic (exact) mass is 464 g/mol. The van der Waals surface area contributed by atoms with Gasteiger partial charge < -0.3 is 26.0 Å². The number of nitrogens with one attached hydrogen (secondary N) is 4. The Hall–Kier alpha value is -4.05. The van der Waals surface area contributed by atoms with Gasteiger partial charge in [0.25, 0.3) is 0 Å². The van der Waals surface area contributed by atoms with E-state index in [1.165, 1.54) is 12.3 Å². The predicted molar refractivity (Wildman–Crippen MR) is 124 cm³/mol. The zero-order valence-electron chi connectivity index (χ0n) is 18.0. The summed E-state index contributed by atoms with van der Waals surface area (Å²) in [5.74, 6) is -1.77. The van der Waals surface area contributed by atoms with Crippen molar-refractivity contribution >= 4 is 28.3 Å². The highest BCUT2D eigenvalue weighted by Gasteiger charge is 2.20. The van der Waals surface area contributed by atoms with Gasteiger partial charge >= 0.3 is 0 Å². The van der Waals surface area contributed by atoms with E-state index < -0.39 is 11.6 Å². The summed E-state index contributed by atoms with van der Waals surface area (Å²) in [6.45, 7) is 1.69. The lowest BCUT2D eigenvalue weighted by molar-refractivity contribution is -0.121. The van der Waals surface area contributed by atoms with Crippen molar-refractivity contribution < 1.29 is 18.7 Å². The van der Waals surface area contributed by atoms with Gasteiger partial charge in [0, 0.05) is 24.5 Å². The molecule has 2 aromatic carbocycles. The third-order valence-corrected chi connectivity index (χ3v) is 5.71. The number of nitrogens with zero attached hydrogens (tertiary/aromatic N) is 2. The Morgan fingerprint density at radius 3 is 2.59 bits per heavy atom. The smallest absolute Gasteiger partial charge is 0.224 e. The van der Waals surface area contributed by atoms with E-state index in [1.54, 1.807) is 12.1 Å². The van der Waals surface area contributed by atoms with Crippen molar-refractivity contribution in [1.29, 1.82) is 0 Å². The molecule has 5 rings (SSSR count). The highest BCUT2D eigenvalue weighted by Crippen LogP contribution is 2.34. The zero-order valence-corrected chi connectivity index (χ0v) is 18.0. The number of aromatic hydroxyl groups is 1. The molecule has 4 aromatic rings. The lowest BCUT2D eigenvalue weighted by atomic mass is 10.1. The van der Waals surface area contributed by atoms with Crippen LogP contribution in [0.1, 0.15) is 12.0 Å². The van der Waals surface area contributed by atoms with E-state index in [0.717, 1.165) is 37.2 Å². The molecular formula is C24H22F2N6O2. The average Bonchev–Trinajstić information content (AvgIpc) is 3.45. The van der Waals surface area contributed by atoms with E-state index in [-0.39, 0.29) is 46.8 Å². The minimum Gasteiger partial charge on any atom is -0.494 e. The fraction of sp³-hybridized carbons (Fsp3) is 0.208. The highest BCUT2D eigenvalue weighted by atomic mass is 19.1. The van der Waals surface area contributed by atoms with Gasteiger partial charge in [-0.05, 0) is 42.8 Å². The van der Waals surface area contributed by atoms with Crippen LogP contribution < -0.4 is 16.0 Å². The first kappa shape index (κ1) is 21.8. The molecule has 0 bridgehead atoms. The van der Waals surface area contributed by atoms with Crippen molar-refractivity contribution in [2.75, 3.05) is 18.4 Å². The molecule has 5 N–H and O–H groups in total. The van der Waals surface area contributed by atoms with Crippen LogP contribution in [0.4, 0.5) is 20.3 Å². The number of rotatable bonds is 6. The largest absolute Gasteiger partial charge is 0.494 e. The van der Waals surface area contributed by atoms with Gasteiger partial charge in [0.15, 0.2) is 5.82 Å². The summed E-state index contributed by atoms with van der Waals surface area (Å²) in [6, 6.07) is 10.8. The minimum absolute atomic E-state index is 0.0410. The van der Waals surface area contributed by atoms with Crippen LogP contribution in [0.3, 0.4) is 0 Å². The Bertz CT molecular complexity index is 1330. The first-order valence-electron chi connectivity index (χ1n) is 10.9. The zero-order chi connectivity index (χ0) is 23.7. The summed E-state index contributed by atoms with van der Waals surface area (Å²) in [7, 11) is 0. The molecule has 2 aromatic heterocycles. The number of benzene rings is 2. The lowest BCUT2D eigenvalue weighted by Crippen LogP contribution is -2.37. The second-order valence-electron chi connectivity index (χ2n) is 8.15. The van der Waals surface area contributed by atoms with Crippen LogP contribution in [0.25, 0.3) is 22.3 Å². The summed E-state index contributed by atoms with van der Waals surface area (Å²) in [5, 5.41) is 19.8. The van der Waals surface area contributed by atoms with E-state index in [2.05, 4.69) is 30.9 Å². The number of aromatic amines is 1. The van der Waals surface area contributed by atoms with Crippen molar-refractivity contribution in [3.8, 4) is 17.3 Å². The average molecular weight is 464 g/mol. The molecule has 1 fully saturated rings. The number of hydrogen-bond donors (Lipinski definition) is 5. The number of amides is 1. The number of H-pyrrole nitrogens is 1. The van der Waals surface area contributed by atoms with Crippen LogP contribution in [0.15, 0.2) is 48.7 Å². The van der Waals surface area contributed by atoms with Gasteiger partial charge in [0.1, 0.15) is 22.8 Å². The number of fused-ring (bicyclic) bond motifs is 1. The minimum atomic E-state index is -0.791. The molecule has 0 saturated carbocycles. The Labute approximate surface area is 193 Å². The molecule has 8 nitrogen and oxygen atoms in total. The summed E-state index contributed by atoms with van der Waals surface area (Å²) in [5.41, 5.74) is 1.39. The molecule has 1 unspecified atom stereocenters. The number of aromatic nitrogens is 3. The predicted octanol–water partition coefficient (Wildman–Crippen LogP) is 3.37. The molecule has 1 aliphatic rings. The molecule has 1 saturated heterocycles. The molecule has 0 aliphatic carbocycles. The normalized spacial score (nSPS) is 15.5. The molecular weight excluding hydrogens is 442 g/mol. The Kier molecular flexibility index (Phi) is 5.81. The van der Waals surface area contributed by atoms with Crippen LogP contribution in [-0.2, 0) is 11.2 Å². The Balaban J connectivity index is 1.40. The van der Waals surface area contributed by atoms with Crippen molar-refractivity contribution in [2.24, 2.45) is 0 Å². The van der Waals surface area contributed by atoms with Gasteiger partial charge in [0.2, 0.25) is 11.8 Å². The van der Waals surface area contributed by atoms with Crippen molar-refractivity contribution in [3.05, 3.63) is 65.9 Å². The highest BCUT2D eigenvalue weighted by molar-refractivity contribution is 5.96. The van der Waals surface area contributed by atoms with Gasteiger partial charge in [-0.1, -0.05) is 18.2 Å². The van der Waals surface area contributed by atoms with Crippen molar-refractivity contribution in [3.63, 3.8) is 0 Å². The molecule has 1 amide bonds. The van der Waals surface area contributed by atoms with E-state index in [9.17, 15) is 18.7 Å². The first-order chi connectivity index (χ1) is 16.5. The third-order valence-electron chi connectivity index (χ3n) is 5.71. The number of carbonyl (C=O) groups is 1. The SMILES string of the molecule is O=C(Cc1ccc(Nc2nc(-c3c(F)cccc3F)nc3c[nH]c(O)c23)cc1)NC1CCNC1. The van der Waals surface area contributed by atoms with E-state index in [4.69, 9.17) is 0 Å². The number of anilines is 2. The Morgan fingerprint density at radius 1 is 1.12 bits per heavy atom. The molecule has 174 valence electrons. The van der Waals surface area contributed by atoms with Crippen LogP contribution >= 0.6 is 0 Å². The van der Waals surface area contributed by atoms with Crippen molar-refractivity contribution in [2.45, 2.75) is 18.9 Å². The maximum Gasteiger partial charge on any atom is 0.224 e. The van der Waals surface area contributed by atoms with E-state index >= 15 is 0 Å². The molecule has 1 aliphatic heterocycles. The topological polar surface area (TPSA) is 115 Å². The summed E-state index contributed by atoms with van der Waals surface area (Å²) in [4.78, 5) is 23.4. The molecule has 3 heterocycles. The van der Waals surface area contributed by atoms with Crippen LogP contribution in [-0.4, -0.2) is 45.1 Å². The molecule has 0 radical (unpaired) electrons. The number of carbonyl (C=O) groups excluding carboxylic acids is 1. The Morgan fingerprint density at radius 2 is 1.88 bits per heavy atom. The summed E-state index contributed by atoms with van der Waals surface area (Å²) < 4.78 is 28.7. The molecule has 1 atom stereocenters. The number of halogens is 2. The van der Waals surface area contributed by atoms with Crippen molar-refractivity contribution in [1.82, 2.24) is 25.6 Å². The van der Waals surface area contributed by atoms with Crippen LogP contribution in [0.2, 0.25) is 0 Å². The maximum absolute atomic E-state index is 14.3. The molecule has 10 heteroatoms. The van der Waals surface area contributed by atoms with Gasteiger partial charge in [-0.15, -0.1) is 0 Å². The van der Waals surface area contributed by atoms with Crippen LogP contribution in [0, 0.1) is 11.6 Å². The van der Waals surface area contributed by atoms with Gasteiger partial charge in [-0.3, -0.25) is 4.79 Å².